The molecule has 1 aliphatic rings. The molecule has 0 saturated carbocycles. The van der Waals surface area contributed by atoms with Crippen LogP contribution in [0.2, 0.25) is 0 Å². The highest BCUT2D eigenvalue weighted by Gasteiger charge is 2.19. The second-order valence-corrected chi connectivity index (χ2v) is 6.26. The molecule has 1 aliphatic heterocycles. The first kappa shape index (κ1) is 23.4. The van der Waals surface area contributed by atoms with Crippen molar-refractivity contribution in [2.75, 3.05) is 51.3 Å². The van der Waals surface area contributed by atoms with Crippen LogP contribution in [0.1, 0.15) is 0 Å². The fourth-order valence-corrected chi connectivity index (χ4v) is 3.04. The second-order valence-electron chi connectivity index (χ2n) is 6.26. The average molecular weight is 415 g/mol. The van der Waals surface area contributed by atoms with Crippen LogP contribution in [0.3, 0.4) is 0 Å². The zero-order valence-electron chi connectivity index (χ0n) is 15.5. The molecule has 2 aromatic rings. The Kier molecular flexibility index (Phi) is 10.3. The molecule has 0 bridgehead atoms. The summed E-state index contributed by atoms with van der Waals surface area (Å²) in [5.74, 6) is 1.54. The van der Waals surface area contributed by atoms with E-state index in [9.17, 15) is 5.11 Å². The number of halogens is 2. The topological polar surface area (TPSA) is 45.2 Å². The summed E-state index contributed by atoms with van der Waals surface area (Å²) in [6.07, 6.45) is -0.495. The Bertz CT molecular complexity index is 635. The maximum absolute atomic E-state index is 10.2. The van der Waals surface area contributed by atoms with Crippen molar-refractivity contribution in [2.45, 2.75) is 6.10 Å². The maximum atomic E-state index is 10.2. The molecular formula is C20H28Cl2N2O3. The quantitative estimate of drug-likeness (QED) is 0.753. The molecular weight excluding hydrogens is 387 g/mol. The number of aliphatic hydroxyl groups is 1. The van der Waals surface area contributed by atoms with E-state index < -0.39 is 6.10 Å². The van der Waals surface area contributed by atoms with E-state index in [4.69, 9.17) is 9.47 Å². The number of benzene rings is 2. The number of nitrogens with zero attached hydrogens (tertiary/aromatic N) is 2. The maximum Gasteiger partial charge on any atom is 0.119 e. The molecule has 1 unspecified atom stereocenters. The minimum atomic E-state index is -0.495. The van der Waals surface area contributed by atoms with Gasteiger partial charge in [0.15, 0.2) is 0 Å². The highest BCUT2D eigenvalue weighted by Crippen LogP contribution is 2.18. The van der Waals surface area contributed by atoms with Crippen LogP contribution in [0.4, 0.5) is 5.69 Å². The van der Waals surface area contributed by atoms with Crippen molar-refractivity contribution in [3.8, 4) is 11.5 Å². The predicted molar refractivity (Wildman–Crippen MR) is 114 cm³/mol. The van der Waals surface area contributed by atoms with Gasteiger partial charge in [0.2, 0.25) is 0 Å². The van der Waals surface area contributed by atoms with Gasteiger partial charge in [-0.25, -0.2) is 0 Å². The second kappa shape index (κ2) is 11.9. The van der Waals surface area contributed by atoms with Crippen molar-refractivity contribution in [3.63, 3.8) is 0 Å². The first-order valence-corrected chi connectivity index (χ1v) is 8.72. The Morgan fingerprint density at radius 2 is 1.48 bits per heavy atom. The average Bonchev–Trinajstić information content (AvgIpc) is 2.68. The van der Waals surface area contributed by atoms with E-state index in [1.54, 1.807) is 7.11 Å². The van der Waals surface area contributed by atoms with Gasteiger partial charge < -0.3 is 19.5 Å². The Labute approximate surface area is 173 Å². The van der Waals surface area contributed by atoms with E-state index in [1.165, 1.54) is 5.69 Å². The molecule has 2 aromatic carbocycles. The largest absolute Gasteiger partial charge is 0.497 e. The van der Waals surface area contributed by atoms with E-state index in [2.05, 4.69) is 34.1 Å². The van der Waals surface area contributed by atoms with E-state index in [0.717, 1.165) is 37.7 Å². The molecule has 0 amide bonds. The van der Waals surface area contributed by atoms with Gasteiger partial charge in [-0.2, -0.15) is 0 Å². The van der Waals surface area contributed by atoms with Crippen LogP contribution >= 0.6 is 24.8 Å². The summed E-state index contributed by atoms with van der Waals surface area (Å²) in [5, 5.41) is 10.2. The lowest BCUT2D eigenvalue weighted by Gasteiger charge is -2.36. The Balaban J connectivity index is 0.00000182. The third-order valence-electron chi connectivity index (χ3n) is 4.46. The first-order chi connectivity index (χ1) is 12.2. The summed E-state index contributed by atoms with van der Waals surface area (Å²) in [4.78, 5) is 4.68. The van der Waals surface area contributed by atoms with Gasteiger partial charge in [0.25, 0.3) is 0 Å². The lowest BCUT2D eigenvalue weighted by Crippen LogP contribution is -2.49. The Hall–Kier alpha value is -1.66. The number of hydrogen-bond donors (Lipinski definition) is 1. The van der Waals surface area contributed by atoms with E-state index in [-0.39, 0.29) is 24.8 Å². The molecule has 150 valence electrons. The molecule has 3 rings (SSSR count). The molecule has 1 heterocycles. The standard InChI is InChI=1S/C20H26N2O3.2ClH/c1-24-19-7-9-20(10-8-19)25-16-18(23)15-21-11-13-22(14-12-21)17-5-3-2-4-6-17;;/h2-10,18,23H,11-16H2,1H3;2*1H. The van der Waals surface area contributed by atoms with Crippen molar-refractivity contribution in [3.05, 3.63) is 54.6 Å². The van der Waals surface area contributed by atoms with Crippen LogP contribution in [0.25, 0.3) is 0 Å². The number of rotatable bonds is 7. The summed E-state index contributed by atoms with van der Waals surface area (Å²) in [6, 6.07) is 17.9. The minimum absolute atomic E-state index is 0. The predicted octanol–water partition coefficient (Wildman–Crippen LogP) is 3.10. The number of ether oxygens (including phenoxy) is 2. The zero-order chi connectivity index (χ0) is 17.5. The van der Waals surface area contributed by atoms with Crippen molar-refractivity contribution in [2.24, 2.45) is 0 Å². The third kappa shape index (κ3) is 7.11. The summed E-state index contributed by atoms with van der Waals surface area (Å²) in [7, 11) is 1.64. The van der Waals surface area contributed by atoms with E-state index in [0.29, 0.717) is 13.2 Å². The van der Waals surface area contributed by atoms with Crippen LogP contribution in [0.15, 0.2) is 54.6 Å². The first-order valence-electron chi connectivity index (χ1n) is 8.72. The molecule has 1 fully saturated rings. The van der Waals surface area contributed by atoms with Gasteiger partial charge in [0, 0.05) is 38.4 Å². The van der Waals surface area contributed by atoms with Crippen LogP contribution in [-0.4, -0.2) is 62.6 Å². The summed E-state index contributed by atoms with van der Waals surface area (Å²) in [5.41, 5.74) is 1.27. The highest BCUT2D eigenvalue weighted by molar-refractivity contribution is 5.85. The Morgan fingerprint density at radius 1 is 0.889 bits per heavy atom. The van der Waals surface area contributed by atoms with Crippen LogP contribution in [0.5, 0.6) is 11.5 Å². The van der Waals surface area contributed by atoms with E-state index >= 15 is 0 Å². The smallest absolute Gasteiger partial charge is 0.119 e. The van der Waals surface area contributed by atoms with Crippen LogP contribution < -0.4 is 14.4 Å². The molecule has 1 atom stereocenters. The molecule has 0 radical (unpaired) electrons. The zero-order valence-corrected chi connectivity index (χ0v) is 17.1. The fourth-order valence-electron chi connectivity index (χ4n) is 3.04. The SMILES string of the molecule is COc1ccc(OCC(O)CN2CCN(c3ccccc3)CC2)cc1.Cl.Cl. The molecule has 1 N–H and O–H groups in total. The van der Waals surface area contributed by atoms with Gasteiger partial charge in [-0.3, -0.25) is 4.90 Å². The molecule has 1 saturated heterocycles. The number of aliphatic hydroxyl groups excluding tert-OH is 1. The van der Waals surface area contributed by atoms with Crippen molar-refractivity contribution < 1.29 is 14.6 Å². The minimum Gasteiger partial charge on any atom is -0.497 e. The molecule has 0 aromatic heterocycles. The van der Waals surface area contributed by atoms with Crippen LogP contribution in [-0.2, 0) is 0 Å². The van der Waals surface area contributed by atoms with Crippen molar-refractivity contribution >= 4 is 30.5 Å². The van der Waals surface area contributed by atoms with Crippen molar-refractivity contribution in [1.82, 2.24) is 4.90 Å². The number of para-hydroxylation sites is 1. The van der Waals surface area contributed by atoms with Gasteiger partial charge in [0.1, 0.15) is 24.2 Å². The van der Waals surface area contributed by atoms with E-state index in [1.807, 2.05) is 30.3 Å². The van der Waals surface area contributed by atoms with Gasteiger partial charge in [-0.15, -0.1) is 24.8 Å². The fraction of sp³-hybridized carbons (Fsp3) is 0.400. The summed E-state index contributed by atoms with van der Waals surface area (Å²) >= 11 is 0. The van der Waals surface area contributed by atoms with Gasteiger partial charge >= 0.3 is 0 Å². The lowest BCUT2D eigenvalue weighted by atomic mass is 10.2. The molecule has 5 nitrogen and oxygen atoms in total. The number of β-amino-alcohol motifs (C(OH)–C–C–N with tert-alkyl or cyclic N) is 1. The number of hydrogen-bond acceptors (Lipinski definition) is 5. The summed E-state index contributed by atoms with van der Waals surface area (Å²) in [6.45, 7) is 4.80. The molecule has 7 heteroatoms. The van der Waals surface area contributed by atoms with Crippen LogP contribution in [0, 0.1) is 0 Å². The number of methoxy groups -OCH3 is 1. The molecule has 0 aliphatic carbocycles. The summed E-state index contributed by atoms with van der Waals surface area (Å²) < 4.78 is 10.8. The third-order valence-corrected chi connectivity index (χ3v) is 4.46. The molecule has 27 heavy (non-hydrogen) atoms. The van der Waals surface area contributed by atoms with Gasteiger partial charge in [-0.05, 0) is 36.4 Å². The molecule has 0 spiro atoms. The highest BCUT2D eigenvalue weighted by atomic mass is 35.5. The number of piperazine rings is 1. The van der Waals surface area contributed by atoms with Gasteiger partial charge in [0.05, 0.1) is 7.11 Å². The lowest BCUT2D eigenvalue weighted by molar-refractivity contribution is 0.0663. The van der Waals surface area contributed by atoms with Crippen molar-refractivity contribution in [1.29, 1.82) is 0 Å². The van der Waals surface area contributed by atoms with Gasteiger partial charge in [-0.1, -0.05) is 18.2 Å². The monoisotopic (exact) mass is 414 g/mol. The number of anilines is 1. The normalized spacial score (nSPS) is 15.3. The Morgan fingerprint density at radius 3 is 2.07 bits per heavy atom.